The molecule has 0 saturated heterocycles. The second-order valence-electron chi connectivity index (χ2n) is 10.5. The molecular weight excluding hydrogens is 476 g/mol. The number of esters is 2. The number of rotatable bonds is 28. The van der Waals surface area contributed by atoms with Crippen LogP contribution in [0.1, 0.15) is 155 Å². The molecule has 0 aliphatic heterocycles. The van der Waals surface area contributed by atoms with Crippen LogP contribution < -0.4 is 0 Å². The van der Waals surface area contributed by atoms with Crippen LogP contribution in [0.3, 0.4) is 0 Å². The monoisotopic (exact) mass is 536 g/mol. The van der Waals surface area contributed by atoms with Crippen molar-refractivity contribution in [2.45, 2.75) is 161 Å². The Hall–Kier alpha value is -1.62. The number of ether oxygens (including phenoxy) is 2. The summed E-state index contributed by atoms with van der Waals surface area (Å²) in [5, 5.41) is 9.47. The summed E-state index contributed by atoms with van der Waals surface area (Å²) in [5.41, 5.74) is 0. The van der Waals surface area contributed by atoms with Gasteiger partial charge in [-0.15, -0.1) is 0 Å². The highest BCUT2D eigenvalue weighted by Gasteiger charge is 2.16. The molecule has 38 heavy (non-hydrogen) atoms. The molecule has 5 nitrogen and oxygen atoms in total. The maximum atomic E-state index is 12.1. The number of aliphatic hydroxyl groups excluding tert-OH is 1. The summed E-state index contributed by atoms with van der Waals surface area (Å²) in [5.74, 6) is -0.615. The molecule has 0 spiro atoms. The van der Waals surface area contributed by atoms with E-state index < -0.39 is 6.10 Å². The van der Waals surface area contributed by atoms with Gasteiger partial charge in [-0.3, -0.25) is 9.59 Å². The first-order valence-corrected chi connectivity index (χ1v) is 15.9. The van der Waals surface area contributed by atoms with Crippen molar-refractivity contribution in [1.29, 1.82) is 0 Å². The number of hydrogen-bond acceptors (Lipinski definition) is 5. The van der Waals surface area contributed by atoms with Gasteiger partial charge in [-0.2, -0.15) is 0 Å². The van der Waals surface area contributed by atoms with Gasteiger partial charge in [-0.05, 0) is 57.8 Å². The van der Waals surface area contributed by atoms with Gasteiger partial charge >= 0.3 is 11.9 Å². The first-order valence-electron chi connectivity index (χ1n) is 15.9. The molecule has 1 atom stereocenters. The van der Waals surface area contributed by atoms with Crippen molar-refractivity contribution >= 4 is 11.9 Å². The van der Waals surface area contributed by atoms with Crippen LogP contribution in [-0.2, 0) is 19.1 Å². The van der Waals surface area contributed by atoms with Crippen molar-refractivity contribution in [3.8, 4) is 0 Å². The minimum absolute atomic E-state index is 0.0719. The van der Waals surface area contributed by atoms with E-state index in [2.05, 4.69) is 38.2 Å². The molecule has 5 heteroatoms. The molecule has 1 N–H and O–H groups in total. The molecule has 0 saturated carbocycles. The topological polar surface area (TPSA) is 72.8 Å². The molecule has 0 aliphatic rings. The lowest BCUT2D eigenvalue weighted by Gasteiger charge is -2.15. The van der Waals surface area contributed by atoms with Crippen molar-refractivity contribution < 1.29 is 24.2 Å². The SMILES string of the molecule is CCCC/C=C\CCCCCCCC(=O)OCC(CO)OC(=O)CCCCCCC/C=C\CCCCCC. The average Bonchev–Trinajstić information content (AvgIpc) is 2.92. The Labute approximate surface area is 234 Å². The minimum Gasteiger partial charge on any atom is -0.462 e. The van der Waals surface area contributed by atoms with Crippen LogP contribution in [0.15, 0.2) is 24.3 Å². The molecule has 1 unspecified atom stereocenters. The second-order valence-corrected chi connectivity index (χ2v) is 10.5. The fourth-order valence-corrected chi connectivity index (χ4v) is 4.23. The molecule has 0 fully saturated rings. The summed E-state index contributed by atoms with van der Waals surface area (Å²) < 4.78 is 10.5. The standard InChI is InChI=1S/C33H60O5/c1-3-5-7-9-11-13-15-16-18-20-22-24-26-28-33(36)38-31(29-34)30-37-32(35)27-25-23-21-19-17-14-12-10-8-6-4-2/h10,12-13,15,31,34H,3-9,11,14,16-30H2,1-2H3/b12-10-,15-13-. The number of carbonyl (C=O) groups is 2. The van der Waals surface area contributed by atoms with Gasteiger partial charge in [0.1, 0.15) is 6.61 Å². The van der Waals surface area contributed by atoms with E-state index in [1.165, 1.54) is 77.0 Å². The Morgan fingerprint density at radius 1 is 0.579 bits per heavy atom. The van der Waals surface area contributed by atoms with Crippen LogP contribution in [0, 0.1) is 0 Å². The van der Waals surface area contributed by atoms with E-state index in [1.807, 2.05) is 0 Å². The Bertz CT molecular complexity index is 584. The van der Waals surface area contributed by atoms with Gasteiger partial charge in [-0.1, -0.05) is 109 Å². The summed E-state index contributed by atoms with van der Waals surface area (Å²) in [6, 6.07) is 0. The molecule has 0 aromatic rings. The van der Waals surface area contributed by atoms with Crippen molar-refractivity contribution in [2.24, 2.45) is 0 Å². The summed E-state index contributed by atoms with van der Waals surface area (Å²) in [7, 11) is 0. The van der Waals surface area contributed by atoms with Gasteiger partial charge in [0, 0.05) is 12.8 Å². The highest BCUT2D eigenvalue weighted by Crippen LogP contribution is 2.11. The smallest absolute Gasteiger partial charge is 0.306 e. The van der Waals surface area contributed by atoms with Crippen LogP contribution in [0.4, 0.5) is 0 Å². The summed E-state index contributed by atoms with van der Waals surface area (Å²) in [6.45, 7) is 4.04. The fourth-order valence-electron chi connectivity index (χ4n) is 4.23. The molecule has 0 rings (SSSR count). The fraction of sp³-hybridized carbons (Fsp3) is 0.818. The Morgan fingerprint density at radius 2 is 1.00 bits per heavy atom. The van der Waals surface area contributed by atoms with Crippen molar-refractivity contribution in [3.63, 3.8) is 0 Å². The normalized spacial score (nSPS) is 12.4. The van der Waals surface area contributed by atoms with Gasteiger partial charge in [0.05, 0.1) is 6.61 Å². The van der Waals surface area contributed by atoms with Gasteiger partial charge < -0.3 is 14.6 Å². The summed E-state index contributed by atoms with van der Waals surface area (Å²) in [4.78, 5) is 24.0. The van der Waals surface area contributed by atoms with Gasteiger partial charge in [0.25, 0.3) is 0 Å². The predicted octanol–water partition coefficient (Wildman–Crippen LogP) is 9.17. The molecule has 0 amide bonds. The summed E-state index contributed by atoms with van der Waals surface area (Å²) >= 11 is 0. The maximum Gasteiger partial charge on any atom is 0.306 e. The first-order chi connectivity index (χ1) is 18.6. The van der Waals surface area contributed by atoms with Gasteiger partial charge in [0.2, 0.25) is 0 Å². The Balaban J connectivity index is 3.62. The van der Waals surface area contributed by atoms with Crippen LogP contribution in [0.2, 0.25) is 0 Å². The minimum atomic E-state index is -0.773. The summed E-state index contributed by atoms with van der Waals surface area (Å²) in [6.07, 6.45) is 32.2. The Kier molecular flexibility index (Phi) is 28.7. The highest BCUT2D eigenvalue weighted by molar-refractivity contribution is 5.70. The molecule has 0 heterocycles. The largest absolute Gasteiger partial charge is 0.462 e. The number of unbranched alkanes of at least 4 members (excludes halogenated alkanes) is 16. The van der Waals surface area contributed by atoms with Gasteiger partial charge in [0.15, 0.2) is 6.10 Å². The molecule has 222 valence electrons. The maximum absolute atomic E-state index is 12.1. The van der Waals surface area contributed by atoms with Gasteiger partial charge in [-0.25, -0.2) is 0 Å². The van der Waals surface area contributed by atoms with E-state index in [0.717, 1.165) is 51.4 Å². The lowest BCUT2D eigenvalue weighted by Crippen LogP contribution is -2.28. The lowest BCUT2D eigenvalue weighted by molar-refractivity contribution is -0.161. The predicted molar refractivity (Wildman–Crippen MR) is 159 cm³/mol. The van der Waals surface area contributed by atoms with Crippen LogP contribution in [0.5, 0.6) is 0 Å². The van der Waals surface area contributed by atoms with Crippen molar-refractivity contribution in [1.82, 2.24) is 0 Å². The van der Waals surface area contributed by atoms with E-state index in [0.29, 0.717) is 12.8 Å². The average molecular weight is 537 g/mol. The van der Waals surface area contributed by atoms with Crippen LogP contribution in [0.25, 0.3) is 0 Å². The van der Waals surface area contributed by atoms with Crippen LogP contribution in [-0.4, -0.2) is 36.4 Å². The molecular formula is C33H60O5. The number of aliphatic hydroxyl groups is 1. The molecule has 0 aromatic carbocycles. The van der Waals surface area contributed by atoms with Crippen molar-refractivity contribution in [2.75, 3.05) is 13.2 Å². The van der Waals surface area contributed by atoms with E-state index in [-0.39, 0.29) is 25.2 Å². The third kappa shape index (κ3) is 27.4. The van der Waals surface area contributed by atoms with E-state index in [1.54, 1.807) is 0 Å². The third-order valence-corrected chi connectivity index (χ3v) is 6.72. The number of hydrogen-bond donors (Lipinski definition) is 1. The van der Waals surface area contributed by atoms with Crippen LogP contribution >= 0.6 is 0 Å². The van der Waals surface area contributed by atoms with E-state index >= 15 is 0 Å². The quantitative estimate of drug-likeness (QED) is 0.0613. The third-order valence-electron chi connectivity index (χ3n) is 6.72. The zero-order valence-electron chi connectivity index (χ0n) is 24.9. The zero-order valence-corrected chi connectivity index (χ0v) is 24.9. The molecule has 0 radical (unpaired) electrons. The molecule has 0 aromatic heterocycles. The zero-order chi connectivity index (χ0) is 27.9. The first kappa shape index (κ1) is 36.4. The lowest BCUT2D eigenvalue weighted by atomic mass is 10.1. The molecule has 0 bridgehead atoms. The van der Waals surface area contributed by atoms with E-state index in [9.17, 15) is 14.7 Å². The van der Waals surface area contributed by atoms with Crippen molar-refractivity contribution in [3.05, 3.63) is 24.3 Å². The second kappa shape index (κ2) is 29.9. The number of carbonyl (C=O) groups excluding carboxylic acids is 2. The number of allylic oxidation sites excluding steroid dienone is 4. The molecule has 0 aliphatic carbocycles. The Morgan fingerprint density at radius 3 is 1.50 bits per heavy atom. The highest BCUT2D eigenvalue weighted by atomic mass is 16.6. The van der Waals surface area contributed by atoms with E-state index in [4.69, 9.17) is 9.47 Å².